The van der Waals surface area contributed by atoms with Gasteiger partial charge in [0.1, 0.15) is 0 Å². The van der Waals surface area contributed by atoms with Crippen LogP contribution >= 0.6 is 11.6 Å². The number of nitrogens with two attached hydrogens (primary N) is 1. The Morgan fingerprint density at radius 1 is 1.17 bits per heavy atom. The van der Waals surface area contributed by atoms with Crippen LogP contribution in [0.15, 0.2) is 24.3 Å². The summed E-state index contributed by atoms with van der Waals surface area (Å²) in [6, 6.07) is 9.43. The predicted molar refractivity (Wildman–Crippen MR) is 74.4 cm³/mol. The van der Waals surface area contributed by atoms with Crippen LogP contribution in [0.25, 0.3) is 0 Å². The van der Waals surface area contributed by atoms with Crippen molar-refractivity contribution in [3.05, 3.63) is 34.9 Å². The molecule has 5 atom stereocenters. The number of nitrogens with one attached hydrogen (secondary N) is 2. The summed E-state index contributed by atoms with van der Waals surface area (Å²) in [7, 11) is 0. The maximum absolute atomic E-state index is 6.36. The third-order valence-corrected chi connectivity index (χ3v) is 4.72. The summed E-state index contributed by atoms with van der Waals surface area (Å²) >= 11 is 5.94. The number of halogens is 1. The fraction of sp³-hybridized carbons (Fsp3) is 0.571. The van der Waals surface area contributed by atoms with Crippen molar-refractivity contribution in [3.63, 3.8) is 0 Å². The molecule has 4 N–H and O–H groups in total. The molecule has 1 aliphatic carbocycles. The van der Waals surface area contributed by atoms with E-state index in [1.807, 2.05) is 12.1 Å². The molecule has 18 heavy (non-hydrogen) atoms. The molecule has 1 saturated carbocycles. The zero-order valence-corrected chi connectivity index (χ0v) is 11.3. The summed E-state index contributed by atoms with van der Waals surface area (Å²) < 4.78 is 0. The van der Waals surface area contributed by atoms with Crippen molar-refractivity contribution < 1.29 is 0 Å². The van der Waals surface area contributed by atoms with Crippen LogP contribution in [0.2, 0.25) is 5.02 Å². The SMILES string of the molecule is CC1NNC2CC(c3ccc(Cl)cc3)CC(N)C12. The van der Waals surface area contributed by atoms with Crippen LogP contribution in [-0.4, -0.2) is 18.1 Å². The van der Waals surface area contributed by atoms with Gasteiger partial charge in [-0.15, -0.1) is 0 Å². The number of hydrogen-bond donors (Lipinski definition) is 3. The molecule has 0 amide bonds. The lowest BCUT2D eigenvalue weighted by molar-refractivity contribution is 0.246. The topological polar surface area (TPSA) is 50.1 Å². The Bertz CT molecular complexity index is 420. The van der Waals surface area contributed by atoms with Crippen molar-refractivity contribution in [2.24, 2.45) is 11.7 Å². The third kappa shape index (κ3) is 2.16. The van der Waals surface area contributed by atoms with Crippen LogP contribution in [0.4, 0.5) is 0 Å². The van der Waals surface area contributed by atoms with Crippen LogP contribution in [0, 0.1) is 5.92 Å². The van der Waals surface area contributed by atoms with Gasteiger partial charge in [0.25, 0.3) is 0 Å². The van der Waals surface area contributed by atoms with Gasteiger partial charge in [-0.3, -0.25) is 10.9 Å². The van der Waals surface area contributed by atoms with Gasteiger partial charge in [-0.1, -0.05) is 23.7 Å². The molecule has 5 unspecified atom stereocenters. The summed E-state index contributed by atoms with van der Waals surface area (Å²) in [5, 5.41) is 0.797. The van der Waals surface area contributed by atoms with Crippen molar-refractivity contribution in [3.8, 4) is 0 Å². The predicted octanol–water partition coefficient (Wildman–Crippen LogP) is 2.03. The summed E-state index contributed by atoms with van der Waals surface area (Å²) in [6.07, 6.45) is 2.22. The highest BCUT2D eigenvalue weighted by atomic mass is 35.5. The first-order valence-electron chi connectivity index (χ1n) is 6.67. The number of hydrogen-bond acceptors (Lipinski definition) is 3. The van der Waals surface area contributed by atoms with Crippen LogP contribution in [0.3, 0.4) is 0 Å². The lowest BCUT2D eigenvalue weighted by Gasteiger charge is -2.37. The van der Waals surface area contributed by atoms with Crippen molar-refractivity contribution >= 4 is 11.6 Å². The number of hydrazine groups is 1. The molecular formula is C14H20ClN3. The molecular weight excluding hydrogens is 246 g/mol. The molecule has 3 rings (SSSR count). The average molecular weight is 266 g/mol. The molecule has 2 fully saturated rings. The van der Waals surface area contributed by atoms with E-state index < -0.39 is 0 Å². The Morgan fingerprint density at radius 2 is 1.89 bits per heavy atom. The van der Waals surface area contributed by atoms with Gasteiger partial charge < -0.3 is 5.73 Å². The Hall–Kier alpha value is -0.610. The minimum Gasteiger partial charge on any atom is -0.327 e. The molecule has 1 aromatic rings. The van der Waals surface area contributed by atoms with E-state index in [0.717, 1.165) is 17.9 Å². The van der Waals surface area contributed by atoms with Crippen molar-refractivity contribution in [1.82, 2.24) is 10.9 Å². The highest BCUT2D eigenvalue weighted by molar-refractivity contribution is 6.30. The van der Waals surface area contributed by atoms with E-state index in [1.54, 1.807) is 0 Å². The standard InChI is InChI=1S/C14H20ClN3/c1-8-14-12(16)6-10(7-13(14)18-17-8)9-2-4-11(15)5-3-9/h2-5,8,10,12-14,17-18H,6-7,16H2,1H3. The second-order valence-corrected chi connectivity index (χ2v) is 6.08. The minimum atomic E-state index is 0.266. The van der Waals surface area contributed by atoms with E-state index in [2.05, 4.69) is 29.9 Å². The number of rotatable bonds is 1. The molecule has 0 spiro atoms. The second-order valence-electron chi connectivity index (χ2n) is 5.64. The van der Waals surface area contributed by atoms with E-state index in [0.29, 0.717) is 23.9 Å². The van der Waals surface area contributed by atoms with Crippen LogP contribution in [0.5, 0.6) is 0 Å². The largest absolute Gasteiger partial charge is 0.327 e. The van der Waals surface area contributed by atoms with Gasteiger partial charge >= 0.3 is 0 Å². The second kappa shape index (κ2) is 4.82. The zero-order valence-electron chi connectivity index (χ0n) is 10.6. The molecule has 1 saturated heterocycles. The number of fused-ring (bicyclic) bond motifs is 1. The summed E-state index contributed by atoms with van der Waals surface area (Å²) in [6.45, 7) is 2.21. The molecule has 2 aliphatic rings. The van der Waals surface area contributed by atoms with E-state index in [9.17, 15) is 0 Å². The van der Waals surface area contributed by atoms with Gasteiger partial charge in [0.2, 0.25) is 0 Å². The smallest absolute Gasteiger partial charge is 0.0406 e. The molecule has 1 aliphatic heterocycles. The maximum Gasteiger partial charge on any atom is 0.0406 e. The summed E-state index contributed by atoms with van der Waals surface area (Å²) in [4.78, 5) is 0. The maximum atomic E-state index is 6.36. The van der Waals surface area contributed by atoms with Gasteiger partial charge in [-0.2, -0.15) is 0 Å². The van der Waals surface area contributed by atoms with Crippen LogP contribution in [0.1, 0.15) is 31.2 Å². The fourth-order valence-electron chi connectivity index (χ4n) is 3.56. The fourth-order valence-corrected chi connectivity index (χ4v) is 3.69. The van der Waals surface area contributed by atoms with E-state index in [1.165, 1.54) is 5.56 Å². The van der Waals surface area contributed by atoms with Gasteiger partial charge in [0, 0.05) is 29.1 Å². The molecule has 0 bridgehead atoms. The Kier molecular flexibility index (Phi) is 3.32. The molecule has 4 heteroatoms. The van der Waals surface area contributed by atoms with Crippen LogP contribution < -0.4 is 16.6 Å². The van der Waals surface area contributed by atoms with Gasteiger partial charge in [0.05, 0.1) is 0 Å². The average Bonchev–Trinajstić information content (AvgIpc) is 2.72. The molecule has 3 nitrogen and oxygen atoms in total. The Balaban J connectivity index is 1.78. The van der Waals surface area contributed by atoms with Gasteiger partial charge in [-0.05, 0) is 43.4 Å². The van der Waals surface area contributed by atoms with E-state index in [-0.39, 0.29) is 6.04 Å². The molecule has 1 aromatic carbocycles. The van der Waals surface area contributed by atoms with Crippen molar-refractivity contribution in [2.75, 3.05) is 0 Å². The van der Waals surface area contributed by atoms with Crippen molar-refractivity contribution in [1.29, 1.82) is 0 Å². The molecule has 98 valence electrons. The first kappa shape index (κ1) is 12.4. The monoisotopic (exact) mass is 265 g/mol. The van der Waals surface area contributed by atoms with Crippen molar-refractivity contribution in [2.45, 2.75) is 43.8 Å². The highest BCUT2D eigenvalue weighted by Gasteiger charge is 2.42. The van der Waals surface area contributed by atoms with Gasteiger partial charge in [0.15, 0.2) is 0 Å². The molecule has 1 heterocycles. The summed E-state index contributed by atoms with van der Waals surface area (Å²) in [5.74, 6) is 1.09. The first-order chi connectivity index (χ1) is 8.65. The lowest BCUT2D eigenvalue weighted by atomic mass is 9.71. The Morgan fingerprint density at radius 3 is 2.61 bits per heavy atom. The minimum absolute atomic E-state index is 0.266. The first-order valence-corrected chi connectivity index (χ1v) is 7.05. The number of benzene rings is 1. The molecule has 0 aromatic heterocycles. The van der Waals surface area contributed by atoms with E-state index >= 15 is 0 Å². The zero-order chi connectivity index (χ0) is 12.7. The van der Waals surface area contributed by atoms with Crippen LogP contribution in [-0.2, 0) is 0 Å². The Labute approximate surface area is 113 Å². The lowest BCUT2D eigenvalue weighted by Crippen LogP contribution is -2.47. The quantitative estimate of drug-likeness (QED) is 0.728. The highest BCUT2D eigenvalue weighted by Crippen LogP contribution is 2.38. The third-order valence-electron chi connectivity index (χ3n) is 4.47. The van der Waals surface area contributed by atoms with Gasteiger partial charge in [-0.25, -0.2) is 0 Å². The molecule has 0 radical (unpaired) electrons. The summed E-state index contributed by atoms with van der Waals surface area (Å²) in [5.41, 5.74) is 14.4. The van der Waals surface area contributed by atoms with E-state index in [4.69, 9.17) is 17.3 Å². The normalized spacial score (nSPS) is 39.6.